The quantitative estimate of drug-likeness (QED) is 0.907. The van der Waals surface area contributed by atoms with Crippen LogP contribution < -0.4 is 10.2 Å². The van der Waals surface area contributed by atoms with Crippen molar-refractivity contribution in [1.29, 1.82) is 0 Å². The second kappa shape index (κ2) is 5.44. The lowest BCUT2D eigenvalue weighted by Crippen LogP contribution is -2.37. The Hall–Kier alpha value is -1.55. The molecule has 1 aromatic rings. The zero-order valence-electron chi connectivity index (χ0n) is 12.3. The number of benzene rings is 1. The van der Waals surface area contributed by atoms with Crippen molar-refractivity contribution in [3.63, 3.8) is 0 Å². The van der Waals surface area contributed by atoms with Crippen LogP contribution >= 0.6 is 0 Å². The van der Waals surface area contributed by atoms with Crippen molar-refractivity contribution in [3.05, 3.63) is 29.8 Å². The monoisotopic (exact) mass is 273 g/mol. The van der Waals surface area contributed by atoms with Gasteiger partial charge in [-0.1, -0.05) is 6.07 Å². The number of anilines is 1. The molecule has 108 valence electrons. The Morgan fingerprint density at radius 1 is 1.30 bits per heavy atom. The molecule has 1 atom stereocenters. The van der Waals surface area contributed by atoms with Crippen molar-refractivity contribution in [2.45, 2.75) is 31.3 Å². The molecule has 0 aromatic heterocycles. The van der Waals surface area contributed by atoms with Crippen molar-refractivity contribution in [2.24, 2.45) is 0 Å². The van der Waals surface area contributed by atoms with Gasteiger partial charge in [-0.05, 0) is 37.5 Å². The van der Waals surface area contributed by atoms with Crippen molar-refractivity contribution >= 4 is 11.6 Å². The highest BCUT2D eigenvalue weighted by atomic mass is 16.1. The van der Waals surface area contributed by atoms with Crippen molar-refractivity contribution in [1.82, 2.24) is 10.2 Å². The molecule has 1 unspecified atom stereocenters. The average Bonchev–Trinajstić information content (AvgIpc) is 3.20. The fourth-order valence-electron chi connectivity index (χ4n) is 2.87. The Morgan fingerprint density at radius 3 is 2.80 bits per heavy atom. The summed E-state index contributed by atoms with van der Waals surface area (Å²) in [6, 6.07) is 8.90. The maximum absolute atomic E-state index is 12.3. The van der Waals surface area contributed by atoms with Crippen LogP contribution in [-0.2, 0) is 0 Å². The van der Waals surface area contributed by atoms with E-state index in [1.807, 2.05) is 43.3 Å². The molecule has 4 nitrogen and oxygen atoms in total. The van der Waals surface area contributed by atoms with Gasteiger partial charge in [0.05, 0.1) is 0 Å². The number of hydrogen-bond acceptors (Lipinski definition) is 3. The summed E-state index contributed by atoms with van der Waals surface area (Å²) < 4.78 is 0. The predicted octanol–water partition coefficient (Wildman–Crippen LogP) is 1.72. The number of nitrogens with one attached hydrogen (secondary N) is 1. The number of carbonyl (C=O) groups is 1. The number of likely N-dealkylation sites (tertiary alicyclic amines) is 1. The smallest absolute Gasteiger partial charge is 0.251 e. The first-order valence-corrected chi connectivity index (χ1v) is 7.46. The molecule has 1 amide bonds. The normalized spacial score (nSPS) is 22.8. The third kappa shape index (κ3) is 2.96. The predicted molar refractivity (Wildman–Crippen MR) is 81.2 cm³/mol. The number of amides is 1. The summed E-state index contributed by atoms with van der Waals surface area (Å²) in [5, 5.41) is 3.17. The molecular formula is C16H23N3O. The summed E-state index contributed by atoms with van der Waals surface area (Å²) in [6.45, 7) is 2.15. The second-order valence-corrected chi connectivity index (χ2v) is 6.13. The summed E-state index contributed by atoms with van der Waals surface area (Å²) in [7, 11) is 3.98. The molecule has 1 N–H and O–H groups in total. The minimum atomic E-state index is 0.0522. The Labute approximate surface area is 120 Å². The minimum absolute atomic E-state index is 0.0522. The first-order valence-electron chi connectivity index (χ1n) is 7.46. The van der Waals surface area contributed by atoms with Gasteiger partial charge in [-0.2, -0.15) is 0 Å². The van der Waals surface area contributed by atoms with E-state index in [1.54, 1.807) is 0 Å². The molecule has 0 spiro atoms. The third-order valence-electron chi connectivity index (χ3n) is 4.24. The van der Waals surface area contributed by atoms with E-state index in [2.05, 4.69) is 10.2 Å². The van der Waals surface area contributed by atoms with E-state index in [4.69, 9.17) is 0 Å². The maximum Gasteiger partial charge on any atom is 0.251 e. The molecule has 4 heteroatoms. The molecule has 1 aromatic carbocycles. The van der Waals surface area contributed by atoms with Gasteiger partial charge in [0, 0.05) is 50.5 Å². The average molecular weight is 273 g/mol. The maximum atomic E-state index is 12.3. The van der Waals surface area contributed by atoms with E-state index >= 15 is 0 Å². The third-order valence-corrected chi connectivity index (χ3v) is 4.24. The number of nitrogens with zero attached hydrogens (tertiary/aromatic N) is 2. The Bertz CT molecular complexity index is 496. The zero-order valence-corrected chi connectivity index (χ0v) is 12.3. The van der Waals surface area contributed by atoms with Gasteiger partial charge in [0.1, 0.15) is 0 Å². The molecule has 1 aliphatic heterocycles. The summed E-state index contributed by atoms with van der Waals surface area (Å²) in [5.41, 5.74) is 1.81. The Balaban J connectivity index is 1.60. The van der Waals surface area contributed by atoms with Crippen molar-refractivity contribution in [3.8, 4) is 0 Å². The molecule has 1 aliphatic carbocycles. The Kier molecular flexibility index (Phi) is 3.66. The van der Waals surface area contributed by atoms with Crippen molar-refractivity contribution in [2.75, 3.05) is 32.1 Å². The minimum Gasteiger partial charge on any atom is -0.378 e. The molecule has 0 bridgehead atoms. The van der Waals surface area contributed by atoms with E-state index < -0.39 is 0 Å². The largest absolute Gasteiger partial charge is 0.378 e. The van der Waals surface area contributed by atoms with Crippen LogP contribution in [0.15, 0.2) is 24.3 Å². The molecule has 0 radical (unpaired) electrons. The van der Waals surface area contributed by atoms with Gasteiger partial charge in [-0.15, -0.1) is 0 Å². The van der Waals surface area contributed by atoms with E-state index in [0.717, 1.165) is 36.8 Å². The zero-order chi connectivity index (χ0) is 14.1. The second-order valence-electron chi connectivity index (χ2n) is 6.13. The first-order chi connectivity index (χ1) is 9.63. The molecule has 20 heavy (non-hydrogen) atoms. The van der Waals surface area contributed by atoms with Crippen LogP contribution in [0.25, 0.3) is 0 Å². The SMILES string of the molecule is CN(C)c1cccc(C(=O)NC2CCN(C3CC3)C2)c1. The van der Waals surface area contributed by atoms with Crippen LogP contribution in [0.5, 0.6) is 0 Å². The summed E-state index contributed by atoms with van der Waals surface area (Å²) >= 11 is 0. The molecule has 2 fully saturated rings. The summed E-state index contributed by atoms with van der Waals surface area (Å²) in [4.78, 5) is 16.8. The van der Waals surface area contributed by atoms with Gasteiger partial charge < -0.3 is 10.2 Å². The standard InChI is InChI=1S/C16H23N3O/c1-18(2)15-5-3-4-12(10-15)16(20)17-13-8-9-19(11-13)14-6-7-14/h3-5,10,13-14H,6-9,11H2,1-2H3,(H,17,20). The van der Waals surface area contributed by atoms with Gasteiger partial charge in [-0.3, -0.25) is 9.69 Å². The van der Waals surface area contributed by atoms with Gasteiger partial charge in [0.25, 0.3) is 5.91 Å². The lowest BCUT2D eigenvalue weighted by Gasteiger charge is -2.17. The fraction of sp³-hybridized carbons (Fsp3) is 0.562. The molecule has 1 heterocycles. The summed E-state index contributed by atoms with van der Waals surface area (Å²) in [6.07, 6.45) is 3.76. The van der Waals surface area contributed by atoms with Crippen LogP contribution in [0.2, 0.25) is 0 Å². The van der Waals surface area contributed by atoms with Crippen LogP contribution in [0.3, 0.4) is 0 Å². The van der Waals surface area contributed by atoms with Crippen LogP contribution in [-0.4, -0.2) is 50.1 Å². The molecule has 1 saturated carbocycles. The highest BCUT2D eigenvalue weighted by Gasteiger charge is 2.34. The number of hydrogen-bond donors (Lipinski definition) is 1. The highest BCUT2D eigenvalue weighted by molar-refractivity contribution is 5.95. The van der Waals surface area contributed by atoms with Crippen LogP contribution in [0.1, 0.15) is 29.6 Å². The highest BCUT2D eigenvalue weighted by Crippen LogP contribution is 2.29. The molecule has 3 rings (SSSR count). The molecule has 1 saturated heterocycles. The molecule has 2 aliphatic rings. The van der Waals surface area contributed by atoms with E-state index in [-0.39, 0.29) is 5.91 Å². The number of carbonyl (C=O) groups excluding carboxylic acids is 1. The Morgan fingerprint density at radius 2 is 2.10 bits per heavy atom. The number of rotatable bonds is 4. The van der Waals surface area contributed by atoms with Crippen molar-refractivity contribution < 1.29 is 4.79 Å². The molecular weight excluding hydrogens is 250 g/mol. The van der Waals surface area contributed by atoms with E-state index in [0.29, 0.717) is 6.04 Å². The van der Waals surface area contributed by atoms with Gasteiger partial charge in [-0.25, -0.2) is 0 Å². The topological polar surface area (TPSA) is 35.6 Å². The van der Waals surface area contributed by atoms with Crippen LogP contribution in [0.4, 0.5) is 5.69 Å². The lowest BCUT2D eigenvalue weighted by atomic mass is 10.1. The van der Waals surface area contributed by atoms with Gasteiger partial charge in [0.15, 0.2) is 0 Å². The summed E-state index contributed by atoms with van der Waals surface area (Å²) in [5.74, 6) is 0.0522. The van der Waals surface area contributed by atoms with Crippen LogP contribution in [0, 0.1) is 0 Å². The first kappa shape index (κ1) is 13.4. The lowest BCUT2D eigenvalue weighted by molar-refractivity contribution is 0.0937. The van der Waals surface area contributed by atoms with E-state index in [1.165, 1.54) is 12.8 Å². The van der Waals surface area contributed by atoms with E-state index in [9.17, 15) is 4.79 Å². The fourth-order valence-corrected chi connectivity index (χ4v) is 2.87. The van der Waals surface area contributed by atoms with Gasteiger partial charge in [0.2, 0.25) is 0 Å². The van der Waals surface area contributed by atoms with Gasteiger partial charge >= 0.3 is 0 Å².